The number of rotatable bonds is 5. The van der Waals surface area contributed by atoms with Crippen LogP contribution in [0.4, 0.5) is 4.39 Å². The minimum Gasteiger partial charge on any atom is -0.330 e. The van der Waals surface area contributed by atoms with Gasteiger partial charge in [0.25, 0.3) is 5.91 Å². The van der Waals surface area contributed by atoms with E-state index in [1.807, 2.05) is 4.68 Å². The van der Waals surface area contributed by atoms with Crippen LogP contribution >= 0.6 is 12.4 Å². The summed E-state index contributed by atoms with van der Waals surface area (Å²) in [5.74, 6) is -0.440. The quantitative estimate of drug-likeness (QED) is 0.867. The zero-order valence-electron chi connectivity index (χ0n) is 14.5. The van der Waals surface area contributed by atoms with Crippen molar-refractivity contribution < 1.29 is 9.18 Å². The first-order valence-electron chi connectivity index (χ1n) is 8.89. The molecule has 1 N–H and O–H groups in total. The van der Waals surface area contributed by atoms with E-state index in [4.69, 9.17) is 0 Å². The van der Waals surface area contributed by atoms with Gasteiger partial charge in [-0.3, -0.25) is 4.79 Å². The first-order chi connectivity index (χ1) is 12.2. The van der Waals surface area contributed by atoms with Crippen LogP contribution in [0.1, 0.15) is 47.8 Å². The third-order valence-corrected chi connectivity index (χ3v) is 4.96. The molecule has 140 valence electrons. The lowest BCUT2D eigenvalue weighted by molar-refractivity contribution is 0.0722. The zero-order valence-corrected chi connectivity index (χ0v) is 15.3. The van der Waals surface area contributed by atoms with Gasteiger partial charge in [0.15, 0.2) is 5.69 Å². The van der Waals surface area contributed by atoms with Gasteiger partial charge < -0.3 is 10.2 Å². The molecule has 0 radical (unpaired) electrons. The summed E-state index contributed by atoms with van der Waals surface area (Å²) in [7, 11) is 0. The molecule has 0 spiro atoms. The molecule has 0 unspecified atom stereocenters. The highest BCUT2D eigenvalue weighted by Gasteiger charge is 2.35. The van der Waals surface area contributed by atoms with Crippen LogP contribution in [0.5, 0.6) is 0 Å². The Morgan fingerprint density at radius 3 is 2.65 bits per heavy atom. The van der Waals surface area contributed by atoms with Crippen LogP contribution in [0, 0.1) is 5.82 Å². The van der Waals surface area contributed by atoms with E-state index in [2.05, 4.69) is 15.6 Å². The molecule has 2 aromatic rings. The largest absolute Gasteiger partial charge is 0.330 e. The predicted octanol–water partition coefficient (Wildman–Crippen LogP) is 2.57. The van der Waals surface area contributed by atoms with Crippen LogP contribution in [-0.2, 0) is 6.54 Å². The highest BCUT2D eigenvalue weighted by molar-refractivity contribution is 5.92. The number of piperidine rings is 1. The van der Waals surface area contributed by atoms with Crippen LogP contribution in [0.25, 0.3) is 0 Å². The fourth-order valence-corrected chi connectivity index (χ4v) is 3.33. The normalized spacial score (nSPS) is 17.6. The summed E-state index contributed by atoms with van der Waals surface area (Å²) in [5, 5.41) is 11.6. The highest BCUT2D eigenvalue weighted by Crippen LogP contribution is 2.30. The van der Waals surface area contributed by atoms with Gasteiger partial charge in [0.1, 0.15) is 5.82 Å². The molecule has 0 bridgehead atoms. The molecule has 1 saturated carbocycles. The molecule has 2 heterocycles. The van der Waals surface area contributed by atoms with E-state index in [9.17, 15) is 9.18 Å². The van der Waals surface area contributed by atoms with Gasteiger partial charge in [0.2, 0.25) is 0 Å². The Balaban J connectivity index is 0.00000196. The lowest BCUT2D eigenvalue weighted by Gasteiger charge is -2.22. The molecule has 4 rings (SSSR count). The Kier molecular flexibility index (Phi) is 5.88. The second kappa shape index (κ2) is 8.14. The topological polar surface area (TPSA) is 63.1 Å². The van der Waals surface area contributed by atoms with Gasteiger partial charge in [-0.05, 0) is 44.8 Å². The first kappa shape index (κ1) is 18.8. The van der Waals surface area contributed by atoms with Gasteiger partial charge in [0.05, 0.1) is 12.2 Å². The SMILES string of the molecule is Cl.O=C(c1cn(C2CCNCC2)nn1)N(Cc1ccccc1F)C1CC1. The van der Waals surface area contributed by atoms with Gasteiger partial charge in [-0.2, -0.15) is 0 Å². The van der Waals surface area contributed by atoms with Crippen molar-refractivity contribution in [3.05, 3.63) is 47.5 Å². The summed E-state index contributed by atoms with van der Waals surface area (Å²) in [6.07, 6.45) is 5.64. The fraction of sp³-hybridized carbons (Fsp3) is 0.500. The van der Waals surface area contributed by atoms with Crippen LogP contribution in [0.15, 0.2) is 30.5 Å². The second-order valence-corrected chi connectivity index (χ2v) is 6.82. The summed E-state index contributed by atoms with van der Waals surface area (Å²) >= 11 is 0. The smallest absolute Gasteiger partial charge is 0.276 e. The maximum Gasteiger partial charge on any atom is 0.276 e. The molecule has 26 heavy (non-hydrogen) atoms. The van der Waals surface area contributed by atoms with Crippen LogP contribution in [-0.4, -0.2) is 44.9 Å². The minimum absolute atomic E-state index is 0. The number of nitrogens with zero attached hydrogens (tertiary/aromatic N) is 4. The molecule has 2 aliphatic rings. The van der Waals surface area contributed by atoms with E-state index in [1.54, 1.807) is 29.3 Å². The van der Waals surface area contributed by atoms with Crippen molar-refractivity contribution in [1.29, 1.82) is 0 Å². The highest BCUT2D eigenvalue weighted by atomic mass is 35.5. The lowest BCUT2D eigenvalue weighted by Crippen LogP contribution is -2.33. The molecular formula is C18H23ClFN5O. The summed E-state index contributed by atoms with van der Waals surface area (Å²) in [6, 6.07) is 7.07. The molecule has 8 heteroatoms. The monoisotopic (exact) mass is 379 g/mol. The van der Waals surface area contributed by atoms with Gasteiger partial charge in [-0.25, -0.2) is 9.07 Å². The summed E-state index contributed by atoms with van der Waals surface area (Å²) in [4.78, 5) is 14.6. The number of hydrogen-bond acceptors (Lipinski definition) is 4. The Labute approximate surface area is 158 Å². The Bertz CT molecular complexity index is 758. The number of amides is 1. The van der Waals surface area contributed by atoms with Crippen molar-refractivity contribution in [3.63, 3.8) is 0 Å². The number of carbonyl (C=O) groups excluding carboxylic acids is 1. The number of carbonyl (C=O) groups is 1. The molecule has 0 atom stereocenters. The van der Waals surface area contributed by atoms with Crippen molar-refractivity contribution in [1.82, 2.24) is 25.2 Å². The number of hydrogen-bond donors (Lipinski definition) is 1. The molecule has 6 nitrogen and oxygen atoms in total. The third kappa shape index (κ3) is 4.04. The van der Waals surface area contributed by atoms with E-state index in [0.717, 1.165) is 38.8 Å². The van der Waals surface area contributed by atoms with E-state index >= 15 is 0 Å². The molecule has 1 aliphatic carbocycles. The van der Waals surface area contributed by atoms with Gasteiger partial charge in [-0.15, -0.1) is 17.5 Å². The molecule has 1 aromatic heterocycles. The maximum absolute atomic E-state index is 14.0. The Morgan fingerprint density at radius 1 is 1.23 bits per heavy atom. The lowest BCUT2D eigenvalue weighted by atomic mass is 10.1. The van der Waals surface area contributed by atoms with E-state index < -0.39 is 0 Å². The average Bonchev–Trinajstić information content (AvgIpc) is 3.36. The number of benzene rings is 1. The van der Waals surface area contributed by atoms with E-state index in [1.165, 1.54) is 6.07 Å². The molecule has 1 amide bonds. The Hall–Kier alpha value is -1.99. The summed E-state index contributed by atoms with van der Waals surface area (Å²) < 4.78 is 15.8. The number of nitrogens with one attached hydrogen (secondary N) is 1. The van der Waals surface area contributed by atoms with Crippen LogP contribution in [0.2, 0.25) is 0 Å². The number of halogens is 2. The fourth-order valence-electron chi connectivity index (χ4n) is 3.33. The van der Waals surface area contributed by atoms with E-state index in [0.29, 0.717) is 11.3 Å². The molecule has 2 fully saturated rings. The first-order valence-corrected chi connectivity index (χ1v) is 8.89. The van der Waals surface area contributed by atoms with Gasteiger partial charge in [-0.1, -0.05) is 23.4 Å². The van der Waals surface area contributed by atoms with Gasteiger partial charge >= 0.3 is 0 Å². The van der Waals surface area contributed by atoms with Crippen LogP contribution in [0.3, 0.4) is 0 Å². The second-order valence-electron chi connectivity index (χ2n) is 6.82. The summed E-state index contributed by atoms with van der Waals surface area (Å²) in [6.45, 7) is 2.18. The standard InChI is InChI=1S/C18H22FN5O.ClH/c19-16-4-2-1-3-13(16)11-23(14-5-6-14)18(25)17-12-24(22-21-17)15-7-9-20-10-8-15;/h1-4,12,14-15,20H,5-11H2;1H. The molecular weight excluding hydrogens is 357 g/mol. The third-order valence-electron chi connectivity index (χ3n) is 4.96. The van der Waals surface area contributed by atoms with Crippen molar-refractivity contribution >= 4 is 18.3 Å². The van der Waals surface area contributed by atoms with Crippen LogP contribution < -0.4 is 5.32 Å². The minimum atomic E-state index is -0.278. The van der Waals surface area contributed by atoms with Gasteiger partial charge in [0, 0.05) is 18.2 Å². The van der Waals surface area contributed by atoms with Crippen molar-refractivity contribution in [2.45, 2.75) is 44.3 Å². The van der Waals surface area contributed by atoms with Crippen molar-refractivity contribution in [3.8, 4) is 0 Å². The molecule has 1 aliphatic heterocycles. The molecule has 1 aromatic carbocycles. The summed E-state index contributed by atoms with van der Waals surface area (Å²) in [5.41, 5.74) is 0.885. The van der Waals surface area contributed by atoms with E-state index in [-0.39, 0.29) is 42.8 Å². The maximum atomic E-state index is 14.0. The van der Waals surface area contributed by atoms with Crippen molar-refractivity contribution in [2.75, 3.05) is 13.1 Å². The number of aromatic nitrogens is 3. The Morgan fingerprint density at radius 2 is 1.96 bits per heavy atom. The predicted molar refractivity (Wildman–Crippen MR) is 97.7 cm³/mol. The average molecular weight is 380 g/mol. The zero-order chi connectivity index (χ0) is 17.2. The van der Waals surface area contributed by atoms with Crippen molar-refractivity contribution in [2.24, 2.45) is 0 Å². The molecule has 1 saturated heterocycles.